The summed E-state index contributed by atoms with van der Waals surface area (Å²) in [7, 11) is 1.41. The lowest BCUT2D eigenvalue weighted by molar-refractivity contribution is 0.0709. The molecular formula is C35H32ClFN4O6. The van der Waals surface area contributed by atoms with Gasteiger partial charge in [-0.1, -0.05) is 17.7 Å². The van der Waals surface area contributed by atoms with Gasteiger partial charge in [-0.25, -0.2) is 13.8 Å². The Balaban J connectivity index is 1.28. The largest absolute Gasteiger partial charge is 0.486 e. The van der Waals surface area contributed by atoms with Crippen molar-refractivity contribution >= 4 is 34.1 Å². The van der Waals surface area contributed by atoms with Crippen molar-refractivity contribution in [2.45, 2.75) is 38.7 Å². The highest BCUT2D eigenvalue weighted by molar-refractivity contribution is 6.34. The van der Waals surface area contributed by atoms with Gasteiger partial charge in [-0.05, 0) is 92.8 Å². The zero-order chi connectivity index (χ0) is 33.5. The van der Waals surface area contributed by atoms with Crippen molar-refractivity contribution in [3.05, 3.63) is 121 Å². The molecule has 242 valence electrons. The van der Waals surface area contributed by atoms with Gasteiger partial charge in [-0.15, -0.1) is 0 Å². The van der Waals surface area contributed by atoms with E-state index < -0.39 is 28.6 Å². The van der Waals surface area contributed by atoms with Gasteiger partial charge in [-0.3, -0.25) is 14.6 Å². The summed E-state index contributed by atoms with van der Waals surface area (Å²) in [6.07, 6.45) is 4.49. The van der Waals surface area contributed by atoms with E-state index in [1.165, 1.54) is 19.2 Å². The molecule has 2 N–H and O–H groups in total. The fraction of sp³-hybridized carbons (Fsp3) is 0.257. The average molecular weight is 659 g/mol. The molecule has 1 aliphatic rings. The van der Waals surface area contributed by atoms with E-state index in [1.807, 2.05) is 18.2 Å². The van der Waals surface area contributed by atoms with Gasteiger partial charge < -0.3 is 24.5 Å². The van der Waals surface area contributed by atoms with Crippen molar-refractivity contribution in [3.8, 4) is 17.2 Å². The summed E-state index contributed by atoms with van der Waals surface area (Å²) in [4.78, 5) is 43.9. The number of hydrogen-bond donors (Lipinski definition) is 2. The molecule has 10 nitrogen and oxygen atoms in total. The van der Waals surface area contributed by atoms with Gasteiger partial charge in [-0.2, -0.15) is 0 Å². The van der Waals surface area contributed by atoms with Gasteiger partial charge in [0.2, 0.25) is 0 Å². The highest BCUT2D eigenvalue weighted by atomic mass is 35.5. The van der Waals surface area contributed by atoms with Crippen LogP contribution in [0.4, 0.5) is 10.1 Å². The van der Waals surface area contributed by atoms with Gasteiger partial charge in [0, 0.05) is 30.4 Å². The molecule has 3 heterocycles. The number of amides is 1. The Kier molecular flexibility index (Phi) is 8.61. The Morgan fingerprint density at radius 1 is 1.04 bits per heavy atom. The third kappa shape index (κ3) is 6.63. The Morgan fingerprint density at radius 2 is 1.77 bits per heavy atom. The van der Waals surface area contributed by atoms with Gasteiger partial charge in [0.25, 0.3) is 11.5 Å². The highest BCUT2D eigenvalue weighted by Gasteiger charge is 2.24. The number of nitrogens with one attached hydrogen (secondary N) is 1. The number of anilines is 1. The fourth-order valence-electron chi connectivity index (χ4n) is 5.56. The fourth-order valence-corrected chi connectivity index (χ4v) is 5.81. The molecule has 47 heavy (non-hydrogen) atoms. The molecule has 0 atom stereocenters. The summed E-state index contributed by atoms with van der Waals surface area (Å²) in [5.74, 6) is -0.00574. The van der Waals surface area contributed by atoms with E-state index in [0.29, 0.717) is 44.0 Å². The quantitative estimate of drug-likeness (QED) is 0.235. The number of halogens is 2. The van der Waals surface area contributed by atoms with E-state index in [1.54, 1.807) is 32.2 Å². The second-order valence-corrected chi connectivity index (χ2v) is 12.5. The molecule has 0 bridgehead atoms. The Morgan fingerprint density at radius 3 is 2.47 bits per heavy atom. The Hall–Kier alpha value is -5.00. The molecule has 12 heteroatoms. The van der Waals surface area contributed by atoms with E-state index in [0.717, 1.165) is 55.1 Å². The van der Waals surface area contributed by atoms with Crippen molar-refractivity contribution in [1.82, 2.24) is 14.1 Å². The maximum atomic E-state index is 13.5. The molecule has 0 saturated heterocycles. The van der Waals surface area contributed by atoms with Crippen LogP contribution in [0.2, 0.25) is 5.02 Å². The third-order valence-electron chi connectivity index (χ3n) is 7.94. The number of hydrogen-bond acceptors (Lipinski definition) is 7. The van der Waals surface area contributed by atoms with Crippen molar-refractivity contribution in [1.29, 1.82) is 0 Å². The summed E-state index contributed by atoms with van der Waals surface area (Å²) in [5.41, 5.74) is 1.17. The van der Waals surface area contributed by atoms with E-state index in [-0.39, 0.29) is 22.0 Å². The number of pyridine rings is 1. The van der Waals surface area contributed by atoms with Crippen LogP contribution in [0, 0.1) is 5.82 Å². The Bertz CT molecular complexity index is 2140. The number of aromatic nitrogens is 3. The molecule has 2 aromatic heterocycles. The average Bonchev–Trinajstić information content (AvgIpc) is 3.03. The van der Waals surface area contributed by atoms with E-state index in [2.05, 4.69) is 10.3 Å². The zero-order valence-electron chi connectivity index (χ0n) is 26.0. The monoisotopic (exact) mass is 658 g/mol. The maximum Gasteiger partial charge on any atom is 0.335 e. The number of benzene rings is 3. The lowest BCUT2D eigenvalue weighted by Gasteiger charge is -2.25. The van der Waals surface area contributed by atoms with Crippen LogP contribution in [0.15, 0.2) is 76.6 Å². The van der Waals surface area contributed by atoms with Crippen molar-refractivity contribution in [2.24, 2.45) is 7.05 Å². The number of rotatable bonds is 8. The summed E-state index contributed by atoms with van der Waals surface area (Å²) in [5, 5.41) is 14.0. The van der Waals surface area contributed by atoms with Crippen LogP contribution in [0.25, 0.3) is 16.6 Å². The van der Waals surface area contributed by atoms with Crippen LogP contribution >= 0.6 is 11.6 Å². The lowest BCUT2D eigenvalue weighted by atomic mass is 9.94. The second kappa shape index (κ2) is 12.7. The minimum absolute atomic E-state index is 0.126. The van der Waals surface area contributed by atoms with Crippen molar-refractivity contribution in [2.75, 3.05) is 18.5 Å². The number of carbonyl (C=O) groups is 1. The van der Waals surface area contributed by atoms with Gasteiger partial charge in [0.05, 0.1) is 27.5 Å². The SMILES string of the molecule is Cn1cc(C(=O)Nc2ccc(Cc3ccnc4cc(CCC(C)(C)O)c5c(c34)OCCO5)cc2Cl)c(=O)n(-c2ccc(F)cc2)c1=O. The molecule has 0 aliphatic carbocycles. The molecule has 0 unspecified atom stereocenters. The molecule has 5 aromatic rings. The van der Waals surface area contributed by atoms with E-state index in [4.69, 9.17) is 21.1 Å². The normalized spacial score (nSPS) is 12.7. The van der Waals surface area contributed by atoms with Gasteiger partial charge in [0.1, 0.15) is 24.6 Å². The second-order valence-electron chi connectivity index (χ2n) is 12.1. The number of carbonyl (C=O) groups excluding carboxylic acids is 1. The van der Waals surface area contributed by atoms with E-state index >= 15 is 0 Å². The molecule has 3 aromatic carbocycles. The number of fused-ring (bicyclic) bond motifs is 3. The summed E-state index contributed by atoms with van der Waals surface area (Å²) < 4.78 is 27.5. The third-order valence-corrected chi connectivity index (χ3v) is 8.25. The molecule has 0 saturated carbocycles. The first-order valence-corrected chi connectivity index (χ1v) is 15.4. The standard InChI is InChI=1S/C35H32ClFN4O6/c1-35(2,45)12-10-22-18-28-29(31-30(22)46-14-15-47-31)21(11-13-38-28)16-20-4-9-27(26(36)17-20)39-32(42)25-19-40(3)34(44)41(33(25)43)24-7-5-23(37)6-8-24/h4-9,11,13,17-19,45H,10,12,14-16H2,1-3H3,(H,39,42). The lowest BCUT2D eigenvalue weighted by Crippen LogP contribution is -2.41. The van der Waals surface area contributed by atoms with E-state index in [9.17, 15) is 23.9 Å². The first-order chi connectivity index (χ1) is 22.4. The summed E-state index contributed by atoms with van der Waals surface area (Å²) in [6.45, 7) is 4.36. The number of ether oxygens (including phenoxy) is 2. The van der Waals surface area contributed by atoms with Crippen molar-refractivity contribution in [3.63, 3.8) is 0 Å². The Labute approximate surface area is 274 Å². The van der Waals surface area contributed by atoms with Crippen molar-refractivity contribution < 1.29 is 23.8 Å². The van der Waals surface area contributed by atoms with Crippen LogP contribution in [-0.4, -0.2) is 43.9 Å². The number of nitrogens with zero attached hydrogens (tertiary/aromatic N) is 3. The van der Waals surface area contributed by atoms with Crippen LogP contribution < -0.4 is 26.0 Å². The molecule has 0 radical (unpaired) electrons. The zero-order valence-corrected chi connectivity index (χ0v) is 26.7. The van der Waals surface area contributed by atoms with Crippen LogP contribution in [-0.2, 0) is 19.9 Å². The first-order valence-electron chi connectivity index (χ1n) is 15.0. The highest BCUT2D eigenvalue weighted by Crippen LogP contribution is 2.43. The summed E-state index contributed by atoms with van der Waals surface area (Å²) in [6, 6.07) is 13.9. The minimum atomic E-state index is -0.854. The van der Waals surface area contributed by atoms with Gasteiger partial charge in [0.15, 0.2) is 11.5 Å². The number of aryl methyl sites for hydroxylation is 2. The maximum absolute atomic E-state index is 13.5. The molecule has 1 amide bonds. The summed E-state index contributed by atoms with van der Waals surface area (Å²) >= 11 is 6.63. The number of aliphatic hydroxyl groups is 1. The molecule has 0 spiro atoms. The molecular weight excluding hydrogens is 627 g/mol. The predicted molar refractivity (Wildman–Crippen MR) is 177 cm³/mol. The van der Waals surface area contributed by atoms with Crippen LogP contribution in [0.1, 0.15) is 47.3 Å². The minimum Gasteiger partial charge on any atom is -0.486 e. The first kappa shape index (κ1) is 32.0. The topological polar surface area (TPSA) is 125 Å². The van der Waals surface area contributed by atoms with Crippen LogP contribution in [0.3, 0.4) is 0 Å². The molecule has 6 rings (SSSR count). The van der Waals surface area contributed by atoms with Gasteiger partial charge >= 0.3 is 5.69 Å². The smallest absolute Gasteiger partial charge is 0.335 e. The molecule has 1 aliphatic heterocycles. The van der Waals surface area contributed by atoms with Crippen LogP contribution in [0.5, 0.6) is 11.5 Å². The molecule has 0 fully saturated rings. The predicted octanol–water partition coefficient (Wildman–Crippen LogP) is 5.19.